The standard InChI is InChI=1S/C29H29N7O3/c1-20-24(32-19-31-20)18-34-16-13-29(14-17-34)26(37)35(28(38)36(29)27-30-15-12-25(33-27)39-2)23-10-8-22(9-11-23)21-6-4-3-5-7-21/h3-12,15,19H,13-14,16-18H2,1-2H3,(H,31,32). The molecule has 4 aromatic rings. The molecule has 0 saturated carbocycles. The van der Waals surface area contributed by atoms with Crippen molar-refractivity contribution in [1.82, 2.24) is 24.8 Å². The fraction of sp³-hybridized carbons (Fsp3) is 0.276. The fourth-order valence-electron chi connectivity index (χ4n) is 5.44. The number of amides is 3. The molecule has 4 heterocycles. The average Bonchev–Trinajstić information content (AvgIpc) is 3.47. The lowest BCUT2D eigenvalue weighted by molar-refractivity contribution is -0.123. The van der Waals surface area contributed by atoms with Gasteiger partial charge in [-0.1, -0.05) is 42.5 Å². The van der Waals surface area contributed by atoms with Crippen LogP contribution >= 0.6 is 0 Å². The maximum atomic E-state index is 14.2. The number of piperidine rings is 1. The smallest absolute Gasteiger partial charge is 0.339 e. The Morgan fingerprint density at radius 2 is 1.67 bits per heavy atom. The molecule has 0 atom stereocenters. The molecule has 2 aliphatic rings. The number of rotatable bonds is 6. The van der Waals surface area contributed by atoms with E-state index in [2.05, 4.69) is 24.8 Å². The second-order valence-corrected chi connectivity index (χ2v) is 9.85. The van der Waals surface area contributed by atoms with Gasteiger partial charge in [-0.3, -0.25) is 9.69 Å². The van der Waals surface area contributed by atoms with Crippen LogP contribution in [0.15, 0.2) is 73.2 Å². The van der Waals surface area contributed by atoms with Crippen molar-refractivity contribution in [2.75, 3.05) is 30.0 Å². The minimum Gasteiger partial charge on any atom is -0.481 e. The lowest BCUT2D eigenvalue weighted by Gasteiger charge is -2.41. The highest BCUT2D eigenvalue weighted by molar-refractivity contribution is 6.30. The first kappa shape index (κ1) is 24.7. The first-order valence-electron chi connectivity index (χ1n) is 12.9. The van der Waals surface area contributed by atoms with E-state index in [1.54, 1.807) is 18.6 Å². The van der Waals surface area contributed by atoms with Crippen molar-refractivity contribution in [3.8, 4) is 17.0 Å². The van der Waals surface area contributed by atoms with Gasteiger partial charge in [-0.25, -0.2) is 24.6 Å². The van der Waals surface area contributed by atoms with Gasteiger partial charge in [0.25, 0.3) is 5.91 Å². The molecule has 1 N–H and O–H groups in total. The molecule has 10 nitrogen and oxygen atoms in total. The average molecular weight is 524 g/mol. The van der Waals surface area contributed by atoms with Gasteiger partial charge in [0, 0.05) is 37.6 Å². The number of aromatic amines is 1. The predicted octanol–water partition coefficient (Wildman–Crippen LogP) is 4.19. The van der Waals surface area contributed by atoms with Crippen LogP contribution in [0, 0.1) is 6.92 Å². The van der Waals surface area contributed by atoms with Crippen molar-refractivity contribution < 1.29 is 14.3 Å². The molecule has 39 heavy (non-hydrogen) atoms. The molecule has 2 aliphatic heterocycles. The molecule has 2 saturated heterocycles. The number of imide groups is 1. The van der Waals surface area contributed by atoms with Crippen molar-refractivity contribution in [2.24, 2.45) is 0 Å². The van der Waals surface area contributed by atoms with E-state index < -0.39 is 11.6 Å². The molecule has 3 amide bonds. The van der Waals surface area contributed by atoms with E-state index in [1.165, 1.54) is 16.9 Å². The van der Waals surface area contributed by atoms with Crippen molar-refractivity contribution in [3.63, 3.8) is 0 Å². The van der Waals surface area contributed by atoms with Crippen LogP contribution in [0.3, 0.4) is 0 Å². The molecule has 0 radical (unpaired) electrons. The minimum atomic E-state index is -1.10. The van der Waals surface area contributed by atoms with Crippen molar-refractivity contribution in [3.05, 3.63) is 84.6 Å². The Morgan fingerprint density at radius 1 is 0.949 bits per heavy atom. The second kappa shape index (κ2) is 9.95. The highest BCUT2D eigenvalue weighted by Gasteiger charge is 2.60. The van der Waals surface area contributed by atoms with Crippen LogP contribution in [0.5, 0.6) is 5.88 Å². The third-order valence-electron chi connectivity index (χ3n) is 7.66. The topological polar surface area (TPSA) is 108 Å². The Balaban J connectivity index is 1.33. The molecule has 6 rings (SSSR count). The van der Waals surface area contributed by atoms with Crippen LogP contribution in [0.2, 0.25) is 0 Å². The lowest BCUT2D eigenvalue weighted by atomic mass is 9.85. The number of H-pyrrole nitrogens is 1. The number of ether oxygens (including phenoxy) is 1. The molecule has 0 unspecified atom stereocenters. The number of carbonyl (C=O) groups is 2. The van der Waals surface area contributed by atoms with Crippen LogP contribution in [-0.4, -0.2) is 62.5 Å². The number of carbonyl (C=O) groups excluding carboxylic acids is 2. The maximum absolute atomic E-state index is 14.2. The largest absolute Gasteiger partial charge is 0.481 e. The number of hydrogen-bond acceptors (Lipinski definition) is 7. The monoisotopic (exact) mass is 523 g/mol. The van der Waals surface area contributed by atoms with Crippen molar-refractivity contribution >= 4 is 23.6 Å². The number of likely N-dealkylation sites (tertiary alicyclic amines) is 1. The number of nitrogens with one attached hydrogen (secondary N) is 1. The molecule has 2 aromatic carbocycles. The summed E-state index contributed by atoms with van der Waals surface area (Å²) in [5, 5.41) is 0. The van der Waals surface area contributed by atoms with Gasteiger partial charge in [-0.05, 0) is 43.0 Å². The highest BCUT2D eigenvalue weighted by atomic mass is 16.5. The van der Waals surface area contributed by atoms with Gasteiger partial charge < -0.3 is 9.72 Å². The first-order valence-corrected chi connectivity index (χ1v) is 12.9. The number of nitrogens with zero attached hydrogens (tertiary/aromatic N) is 6. The van der Waals surface area contributed by atoms with Crippen molar-refractivity contribution in [2.45, 2.75) is 31.8 Å². The number of hydrogen-bond donors (Lipinski definition) is 1. The molecular weight excluding hydrogens is 494 g/mol. The van der Waals surface area contributed by atoms with Crippen LogP contribution in [0.1, 0.15) is 24.2 Å². The van der Waals surface area contributed by atoms with E-state index in [1.807, 2.05) is 61.5 Å². The van der Waals surface area contributed by atoms with Gasteiger partial charge in [-0.2, -0.15) is 4.98 Å². The van der Waals surface area contributed by atoms with Gasteiger partial charge in [0.05, 0.1) is 24.8 Å². The van der Waals surface area contributed by atoms with E-state index in [-0.39, 0.29) is 11.9 Å². The Hall–Kier alpha value is -4.57. The van der Waals surface area contributed by atoms with Crippen LogP contribution in [0.25, 0.3) is 11.1 Å². The van der Waals surface area contributed by atoms with E-state index in [0.29, 0.717) is 44.0 Å². The lowest BCUT2D eigenvalue weighted by Crippen LogP contribution is -2.57. The zero-order valence-electron chi connectivity index (χ0n) is 21.9. The minimum absolute atomic E-state index is 0.160. The summed E-state index contributed by atoms with van der Waals surface area (Å²) in [6.07, 6.45) is 4.12. The van der Waals surface area contributed by atoms with Gasteiger partial charge in [0.15, 0.2) is 0 Å². The first-order chi connectivity index (χ1) is 19.0. The van der Waals surface area contributed by atoms with Crippen LogP contribution < -0.4 is 14.5 Å². The number of imidazole rings is 1. The summed E-state index contributed by atoms with van der Waals surface area (Å²) in [7, 11) is 1.51. The summed E-state index contributed by atoms with van der Waals surface area (Å²) in [5.74, 6) is 0.224. The predicted molar refractivity (Wildman–Crippen MR) is 146 cm³/mol. The van der Waals surface area contributed by atoms with Gasteiger partial charge in [0.2, 0.25) is 11.8 Å². The van der Waals surface area contributed by atoms with Gasteiger partial charge in [0.1, 0.15) is 5.54 Å². The van der Waals surface area contributed by atoms with E-state index in [0.717, 1.165) is 22.5 Å². The SMILES string of the molecule is COc1ccnc(N2C(=O)N(c3ccc(-c4ccccc4)cc3)C(=O)C23CCN(Cc2nc[nH]c2C)CC3)n1. The Morgan fingerprint density at radius 3 is 2.33 bits per heavy atom. The Labute approximate surface area is 226 Å². The number of benzene rings is 2. The number of aryl methyl sites for hydroxylation is 1. The molecule has 2 fully saturated rings. The molecule has 198 valence electrons. The van der Waals surface area contributed by atoms with Crippen LogP contribution in [0.4, 0.5) is 16.4 Å². The third kappa shape index (κ3) is 4.32. The summed E-state index contributed by atoms with van der Waals surface area (Å²) >= 11 is 0. The number of urea groups is 1. The van der Waals surface area contributed by atoms with E-state index in [4.69, 9.17) is 4.74 Å². The van der Waals surface area contributed by atoms with E-state index >= 15 is 0 Å². The second-order valence-electron chi connectivity index (χ2n) is 9.85. The molecule has 0 bridgehead atoms. The number of aromatic nitrogens is 4. The molecule has 1 spiro atoms. The maximum Gasteiger partial charge on any atom is 0.339 e. The van der Waals surface area contributed by atoms with Crippen LogP contribution in [-0.2, 0) is 11.3 Å². The zero-order chi connectivity index (χ0) is 27.0. The highest BCUT2D eigenvalue weighted by Crippen LogP contribution is 2.42. The molecule has 0 aliphatic carbocycles. The molecule has 2 aromatic heterocycles. The van der Waals surface area contributed by atoms with Gasteiger partial charge >= 0.3 is 6.03 Å². The Kier molecular flexibility index (Phi) is 6.32. The fourth-order valence-corrected chi connectivity index (χ4v) is 5.44. The van der Waals surface area contributed by atoms with Crippen molar-refractivity contribution in [1.29, 1.82) is 0 Å². The number of methoxy groups -OCH3 is 1. The summed E-state index contributed by atoms with van der Waals surface area (Å²) in [6, 6.07) is 18.6. The summed E-state index contributed by atoms with van der Waals surface area (Å²) < 4.78 is 5.30. The van der Waals surface area contributed by atoms with E-state index in [9.17, 15) is 9.59 Å². The van der Waals surface area contributed by atoms with Gasteiger partial charge in [-0.15, -0.1) is 0 Å². The third-order valence-corrected chi connectivity index (χ3v) is 7.66. The quantitative estimate of drug-likeness (QED) is 0.378. The zero-order valence-corrected chi connectivity index (χ0v) is 21.9. The summed E-state index contributed by atoms with van der Waals surface area (Å²) in [5.41, 5.74) is 3.49. The normalized spacial score (nSPS) is 17.3. The molecule has 10 heteroatoms. The molecular formula is C29H29N7O3. The Bertz CT molecular complexity index is 1490. The number of anilines is 2. The summed E-state index contributed by atoms with van der Waals surface area (Å²) in [6.45, 7) is 3.91. The summed E-state index contributed by atoms with van der Waals surface area (Å²) in [4.78, 5) is 49.6.